The number of benzene rings is 1. The Morgan fingerprint density at radius 1 is 1.29 bits per heavy atom. The minimum Gasteiger partial charge on any atom is -0.493 e. The van der Waals surface area contributed by atoms with Crippen molar-refractivity contribution in [2.75, 3.05) is 20.3 Å². The van der Waals surface area contributed by atoms with Crippen LogP contribution in [0.3, 0.4) is 0 Å². The zero-order chi connectivity index (χ0) is 15.2. The maximum atomic E-state index is 12.2. The highest BCUT2D eigenvalue weighted by Crippen LogP contribution is 2.26. The van der Waals surface area contributed by atoms with Gasteiger partial charge in [0.05, 0.1) is 7.11 Å². The summed E-state index contributed by atoms with van der Waals surface area (Å²) in [6, 6.07) is 6.28. The van der Waals surface area contributed by atoms with Crippen molar-refractivity contribution in [1.29, 1.82) is 0 Å². The summed E-state index contributed by atoms with van der Waals surface area (Å²) in [5, 5.41) is 9.17. The van der Waals surface area contributed by atoms with Gasteiger partial charge in [0.15, 0.2) is 18.1 Å². The van der Waals surface area contributed by atoms with Crippen LogP contribution in [0.5, 0.6) is 11.5 Å². The molecule has 0 spiro atoms. The van der Waals surface area contributed by atoms with Crippen LogP contribution in [0, 0.1) is 0 Å². The predicted octanol–water partition coefficient (Wildman–Crippen LogP) is 1.54. The molecule has 1 unspecified atom stereocenters. The zero-order valence-electron chi connectivity index (χ0n) is 11.9. The molecule has 1 fully saturated rings. The van der Waals surface area contributed by atoms with Gasteiger partial charge in [-0.15, -0.1) is 0 Å². The Balaban J connectivity index is 1.99. The Labute approximate surface area is 123 Å². The van der Waals surface area contributed by atoms with Gasteiger partial charge in [0.25, 0.3) is 5.91 Å². The van der Waals surface area contributed by atoms with Crippen molar-refractivity contribution in [3.05, 3.63) is 24.3 Å². The maximum Gasteiger partial charge on any atom is 0.326 e. The first-order chi connectivity index (χ1) is 10.1. The van der Waals surface area contributed by atoms with Gasteiger partial charge in [-0.25, -0.2) is 4.79 Å². The summed E-state index contributed by atoms with van der Waals surface area (Å²) >= 11 is 0. The van der Waals surface area contributed by atoms with Crippen LogP contribution in [0.25, 0.3) is 0 Å². The number of carbonyl (C=O) groups excluding carboxylic acids is 1. The number of likely N-dealkylation sites (tertiary alicyclic amines) is 1. The molecule has 0 saturated carbocycles. The van der Waals surface area contributed by atoms with Crippen molar-refractivity contribution in [1.82, 2.24) is 4.90 Å². The quantitative estimate of drug-likeness (QED) is 0.891. The third-order valence-corrected chi connectivity index (χ3v) is 3.53. The minimum absolute atomic E-state index is 0.190. The number of carboxylic acids is 1. The molecule has 21 heavy (non-hydrogen) atoms. The second kappa shape index (κ2) is 6.97. The fourth-order valence-corrected chi connectivity index (χ4v) is 2.45. The zero-order valence-corrected chi connectivity index (χ0v) is 11.9. The Morgan fingerprint density at radius 2 is 2.00 bits per heavy atom. The minimum atomic E-state index is -0.958. The summed E-state index contributed by atoms with van der Waals surface area (Å²) in [6.07, 6.45) is 2.15. The van der Waals surface area contributed by atoms with E-state index in [1.54, 1.807) is 24.3 Å². The van der Waals surface area contributed by atoms with Gasteiger partial charge in [0, 0.05) is 6.54 Å². The molecule has 1 N–H and O–H groups in total. The first kappa shape index (κ1) is 15.2. The van der Waals surface area contributed by atoms with Gasteiger partial charge in [-0.05, 0) is 31.4 Å². The van der Waals surface area contributed by atoms with Crippen LogP contribution in [0.4, 0.5) is 0 Å². The second-order valence-electron chi connectivity index (χ2n) is 4.88. The van der Waals surface area contributed by atoms with E-state index >= 15 is 0 Å². The molecule has 6 heteroatoms. The van der Waals surface area contributed by atoms with E-state index in [1.165, 1.54) is 12.0 Å². The summed E-state index contributed by atoms with van der Waals surface area (Å²) in [5.74, 6) is -0.260. The molecular formula is C15H19NO5. The molecule has 1 aromatic carbocycles. The lowest BCUT2D eigenvalue weighted by atomic mass is 10.0. The summed E-state index contributed by atoms with van der Waals surface area (Å²) in [6.45, 7) is 0.273. The molecule has 1 saturated heterocycles. The van der Waals surface area contributed by atoms with Crippen molar-refractivity contribution in [2.45, 2.75) is 25.3 Å². The topological polar surface area (TPSA) is 76.1 Å². The van der Waals surface area contributed by atoms with E-state index in [2.05, 4.69) is 0 Å². The lowest BCUT2D eigenvalue weighted by Crippen LogP contribution is -2.49. The van der Waals surface area contributed by atoms with E-state index < -0.39 is 12.0 Å². The van der Waals surface area contributed by atoms with Gasteiger partial charge >= 0.3 is 5.97 Å². The highest BCUT2D eigenvalue weighted by atomic mass is 16.5. The molecule has 1 aliphatic rings. The van der Waals surface area contributed by atoms with Crippen LogP contribution in [-0.4, -0.2) is 48.2 Å². The molecular weight excluding hydrogens is 274 g/mol. The molecule has 1 amide bonds. The first-order valence-corrected chi connectivity index (χ1v) is 6.91. The fourth-order valence-electron chi connectivity index (χ4n) is 2.45. The maximum absolute atomic E-state index is 12.2. The smallest absolute Gasteiger partial charge is 0.326 e. The molecule has 2 rings (SSSR count). The number of carbonyl (C=O) groups is 2. The van der Waals surface area contributed by atoms with Crippen molar-refractivity contribution < 1.29 is 24.2 Å². The number of nitrogens with zero attached hydrogens (tertiary/aromatic N) is 1. The number of methoxy groups -OCH3 is 1. The average molecular weight is 293 g/mol. The van der Waals surface area contributed by atoms with Crippen LogP contribution < -0.4 is 9.47 Å². The van der Waals surface area contributed by atoms with Crippen LogP contribution in [-0.2, 0) is 9.59 Å². The molecule has 0 aliphatic carbocycles. The van der Waals surface area contributed by atoms with Crippen molar-refractivity contribution in [3.63, 3.8) is 0 Å². The van der Waals surface area contributed by atoms with E-state index in [1.807, 2.05) is 0 Å². The number of ether oxygens (including phenoxy) is 2. The highest BCUT2D eigenvalue weighted by molar-refractivity contribution is 5.84. The normalized spacial score (nSPS) is 18.1. The predicted molar refractivity (Wildman–Crippen MR) is 75.5 cm³/mol. The largest absolute Gasteiger partial charge is 0.493 e. The Kier molecular flexibility index (Phi) is 5.03. The lowest BCUT2D eigenvalue weighted by Gasteiger charge is -2.32. The molecule has 114 valence electrons. The number of piperidine rings is 1. The first-order valence-electron chi connectivity index (χ1n) is 6.91. The summed E-state index contributed by atoms with van der Waals surface area (Å²) in [5.41, 5.74) is 0. The molecule has 0 radical (unpaired) electrons. The van der Waals surface area contributed by atoms with Gasteiger partial charge in [0.1, 0.15) is 6.04 Å². The van der Waals surface area contributed by atoms with Crippen LogP contribution in [0.2, 0.25) is 0 Å². The Bertz CT molecular complexity index is 517. The van der Waals surface area contributed by atoms with Crippen molar-refractivity contribution in [2.24, 2.45) is 0 Å². The number of amides is 1. The van der Waals surface area contributed by atoms with Crippen LogP contribution in [0.15, 0.2) is 24.3 Å². The summed E-state index contributed by atoms with van der Waals surface area (Å²) in [7, 11) is 1.52. The monoisotopic (exact) mass is 293 g/mol. The standard InChI is InChI=1S/C15H19NO5/c1-20-12-7-2-3-8-13(12)21-10-14(17)16-9-5-4-6-11(16)15(18)19/h2-3,7-8,11H,4-6,9-10H2,1H3,(H,18,19). The summed E-state index contributed by atoms with van der Waals surface area (Å²) in [4.78, 5) is 24.8. The number of carboxylic acid groups (broad SMARTS) is 1. The molecule has 1 aliphatic heterocycles. The van der Waals surface area contributed by atoms with Gasteiger partial charge in [-0.3, -0.25) is 4.79 Å². The van der Waals surface area contributed by atoms with Crippen molar-refractivity contribution in [3.8, 4) is 11.5 Å². The van der Waals surface area contributed by atoms with E-state index in [-0.39, 0.29) is 12.5 Å². The SMILES string of the molecule is COc1ccccc1OCC(=O)N1CCCCC1C(=O)O. The van der Waals surface area contributed by atoms with Gasteiger partial charge in [-0.2, -0.15) is 0 Å². The third-order valence-electron chi connectivity index (χ3n) is 3.53. The lowest BCUT2D eigenvalue weighted by molar-refractivity contribution is -0.152. The fraction of sp³-hybridized carbons (Fsp3) is 0.467. The molecule has 1 heterocycles. The molecule has 0 aromatic heterocycles. The second-order valence-corrected chi connectivity index (χ2v) is 4.88. The van der Waals surface area contributed by atoms with Crippen LogP contribution >= 0.6 is 0 Å². The molecule has 6 nitrogen and oxygen atoms in total. The number of aliphatic carboxylic acids is 1. The number of para-hydroxylation sites is 2. The number of hydrogen-bond acceptors (Lipinski definition) is 4. The molecule has 1 aromatic rings. The van der Waals surface area contributed by atoms with E-state index in [4.69, 9.17) is 9.47 Å². The highest BCUT2D eigenvalue weighted by Gasteiger charge is 2.32. The van der Waals surface area contributed by atoms with Gasteiger partial charge in [0.2, 0.25) is 0 Å². The Hall–Kier alpha value is -2.24. The van der Waals surface area contributed by atoms with Gasteiger partial charge in [-0.1, -0.05) is 12.1 Å². The van der Waals surface area contributed by atoms with Gasteiger partial charge < -0.3 is 19.5 Å². The number of hydrogen-bond donors (Lipinski definition) is 1. The molecule has 1 atom stereocenters. The van der Waals surface area contributed by atoms with Crippen LogP contribution in [0.1, 0.15) is 19.3 Å². The van der Waals surface area contributed by atoms with E-state index in [0.717, 1.165) is 12.8 Å². The Morgan fingerprint density at radius 3 is 2.67 bits per heavy atom. The van der Waals surface area contributed by atoms with Crippen molar-refractivity contribution >= 4 is 11.9 Å². The molecule has 0 bridgehead atoms. The number of rotatable bonds is 5. The summed E-state index contributed by atoms with van der Waals surface area (Å²) < 4.78 is 10.6. The third kappa shape index (κ3) is 3.65. The van der Waals surface area contributed by atoms with E-state index in [0.29, 0.717) is 24.5 Å². The van der Waals surface area contributed by atoms with E-state index in [9.17, 15) is 14.7 Å². The average Bonchev–Trinajstić information content (AvgIpc) is 2.52.